The van der Waals surface area contributed by atoms with Crippen LogP contribution in [0.25, 0.3) is 10.9 Å². The van der Waals surface area contributed by atoms with Crippen LogP contribution in [0.5, 0.6) is 0 Å². The van der Waals surface area contributed by atoms with Crippen LogP contribution in [0.2, 0.25) is 0 Å². The van der Waals surface area contributed by atoms with E-state index in [4.69, 9.17) is 0 Å². The van der Waals surface area contributed by atoms with Crippen LogP contribution in [0.3, 0.4) is 0 Å². The van der Waals surface area contributed by atoms with Crippen molar-refractivity contribution in [2.75, 3.05) is 20.1 Å². The first-order chi connectivity index (χ1) is 8.72. The van der Waals surface area contributed by atoms with Gasteiger partial charge in [0.25, 0.3) is 5.91 Å². The van der Waals surface area contributed by atoms with Gasteiger partial charge in [0.2, 0.25) is 0 Å². The molecule has 18 heavy (non-hydrogen) atoms. The molecule has 0 bridgehead atoms. The summed E-state index contributed by atoms with van der Waals surface area (Å²) in [5, 5.41) is 13.8. The lowest BCUT2D eigenvalue weighted by Crippen LogP contribution is -2.32. The van der Waals surface area contributed by atoms with E-state index in [0.29, 0.717) is 18.2 Å². The standard InChI is InChI=1S/C13H18N4O/c1-9(7-14-2)8-15-13(18)12-10-5-3-4-6-11(10)16-17-12/h3-6,9,14H,7-8H2,1-2H3,(H,15,18)(H,16,17). The molecule has 0 saturated heterocycles. The summed E-state index contributed by atoms with van der Waals surface area (Å²) in [5.74, 6) is 0.263. The van der Waals surface area contributed by atoms with Gasteiger partial charge in [0.15, 0.2) is 5.69 Å². The quantitative estimate of drug-likeness (QED) is 0.741. The maximum Gasteiger partial charge on any atom is 0.272 e. The maximum atomic E-state index is 12.0. The number of H-pyrrole nitrogens is 1. The fourth-order valence-corrected chi connectivity index (χ4v) is 1.91. The van der Waals surface area contributed by atoms with Gasteiger partial charge in [-0.15, -0.1) is 0 Å². The van der Waals surface area contributed by atoms with E-state index in [-0.39, 0.29) is 5.91 Å². The second-order valence-electron chi connectivity index (χ2n) is 4.49. The van der Waals surface area contributed by atoms with E-state index in [1.807, 2.05) is 31.3 Å². The molecule has 1 amide bonds. The van der Waals surface area contributed by atoms with Crippen molar-refractivity contribution in [1.29, 1.82) is 0 Å². The minimum atomic E-state index is -0.129. The zero-order valence-corrected chi connectivity index (χ0v) is 10.7. The van der Waals surface area contributed by atoms with Crippen molar-refractivity contribution < 1.29 is 4.79 Å². The van der Waals surface area contributed by atoms with E-state index in [1.54, 1.807) is 0 Å². The Kier molecular flexibility index (Phi) is 3.94. The van der Waals surface area contributed by atoms with Crippen molar-refractivity contribution in [2.24, 2.45) is 5.92 Å². The van der Waals surface area contributed by atoms with Crippen molar-refractivity contribution in [3.63, 3.8) is 0 Å². The number of fused-ring (bicyclic) bond motifs is 1. The van der Waals surface area contributed by atoms with Gasteiger partial charge in [-0.05, 0) is 25.6 Å². The molecule has 3 N–H and O–H groups in total. The van der Waals surface area contributed by atoms with Crippen molar-refractivity contribution in [2.45, 2.75) is 6.92 Å². The van der Waals surface area contributed by atoms with Crippen molar-refractivity contribution in [3.8, 4) is 0 Å². The van der Waals surface area contributed by atoms with E-state index in [0.717, 1.165) is 17.4 Å². The Bertz CT molecular complexity index is 535. The Labute approximate surface area is 106 Å². The van der Waals surface area contributed by atoms with Gasteiger partial charge in [-0.25, -0.2) is 0 Å². The van der Waals surface area contributed by atoms with Crippen molar-refractivity contribution in [1.82, 2.24) is 20.8 Å². The number of carbonyl (C=O) groups excluding carboxylic acids is 1. The average Bonchev–Trinajstić information content (AvgIpc) is 2.80. The first-order valence-electron chi connectivity index (χ1n) is 6.08. The molecule has 0 fully saturated rings. The minimum Gasteiger partial charge on any atom is -0.350 e. The number of hydrogen-bond acceptors (Lipinski definition) is 3. The van der Waals surface area contributed by atoms with Crippen LogP contribution >= 0.6 is 0 Å². The number of amides is 1. The summed E-state index contributed by atoms with van der Waals surface area (Å²) < 4.78 is 0. The smallest absolute Gasteiger partial charge is 0.272 e. The lowest BCUT2D eigenvalue weighted by Gasteiger charge is -2.11. The van der Waals surface area contributed by atoms with Gasteiger partial charge >= 0.3 is 0 Å². The van der Waals surface area contributed by atoms with E-state index in [2.05, 4.69) is 27.8 Å². The summed E-state index contributed by atoms with van der Waals surface area (Å²) in [4.78, 5) is 12.0. The molecule has 1 heterocycles. The van der Waals surface area contributed by atoms with E-state index in [1.165, 1.54) is 0 Å². The predicted octanol–water partition coefficient (Wildman–Crippen LogP) is 1.15. The average molecular weight is 246 g/mol. The van der Waals surface area contributed by atoms with Crippen molar-refractivity contribution in [3.05, 3.63) is 30.0 Å². The summed E-state index contributed by atoms with van der Waals surface area (Å²) in [7, 11) is 1.90. The molecule has 0 saturated carbocycles. The zero-order chi connectivity index (χ0) is 13.0. The molecule has 96 valence electrons. The molecule has 0 radical (unpaired) electrons. The fourth-order valence-electron chi connectivity index (χ4n) is 1.91. The van der Waals surface area contributed by atoms with Gasteiger partial charge in [-0.3, -0.25) is 9.89 Å². The van der Waals surface area contributed by atoms with Crippen LogP contribution in [0.4, 0.5) is 0 Å². The van der Waals surface area contributed by atoms with Gasteiger partial charge in [0.1, 0.15) is 0 Å². The number of nitrogens with one attached hydrogen (secondary N) is 3. The first kappa shape index (κ1) is 12.6. The molecule has 2 rings (SSSR count). The number of rotatable bonds is 5. The van der Waals surface area contributed by atoms with Crippen LogP contribution in [0.1, 0.15) is 17.4 Å². The second kappa shape index (κ2) is 5.64. The molecule has 0 spiro atoms. The number of para-hydroxylation sites is 1. The topological polar surface area (TPSA) is 69.8 Å². The van der Waals surface area contributed by atoms with Gasteiger partial charge < -0.3 is 10.6 Å². The van der Waals surface area contributed by atoms with Gasteiger partial charge in [-0.2, -0.15) is 5.10 Å². The third-order valence-electron chi connectivity index (χ3n) is 2.85. The van der Waals surface area contributed by atoms with Crippen LogP contribution in [-0.4, -0.2) is 36.2 Å². The molecule has 1 atom stereocenters. The van der Waals surface area contributed by atoms with Crippen LogP contribution in [0.15, 0.2) is 24.3 Å². The largest absolute Gasteiger partial charge is 0.350 e. The normalized spacial score (nSPS) is 12.6. The Morgan fingerprint density at radius 3 is 2.94 bits per heavy atom. The van der Waals surface area contributed by atoms with E-state index >= 15 is 0 Å². The number of benzene rings is 1. The summed E-state index contributed by atoms with van der Waals surface area (Å²) in [6.45, 7) is 3.60. The fraction of sp³-hybridized carbons (Fsp3) is 0.385. The molecule has 1 aromatic heterocycles. The van der Waals surface area contributed by atoms with Crippen LogP contribution in [-0.2, 0) is 0 Å². The van der Waals surface area contributed by atoms with Gasteiger partial charge in [0.05, 0.1) is 5.52 Å². The Hall–Kier alpha value is -1.88. The van der Waals surface area contributed by atoms with Crippen molar-refractivity contribution >= 4 is 16.8 Å². The number of hydrogen-bond donors (Lipinski definition) is 3. The highest BCUT2D eigenvalue weighted by molar-refractivity contribution is 6.04. The second-order valence-corrected chi connectivity index (χ2v) is 4.49. The Morgan fingerprint density at radius 2 is 2.17 bits per heavy atom. The third kappa shape index (κ3) is 2.68. The monoisotopic (exact) mass is 246 g/mol. The summed E-state index contributed by atoms with van der Waals surface area (Å²) in [5.41, 5.74) is 1.34. The van der Waals surface area contributed by atoms with Crippen LogP contribution in [0, 0.1) is 5.92 Å². The van der Waals surface area contributed by atoms with Gasteiger partial charge in [-0.1, -0.05) is 25.1 Å². The molecule has 1 aromatic carbocycles. The molecule has 1 unspecified atom stereocenters. The van der Waals surface area contributed by atoms with E-state index < -0.39 is 0 Å². The van der Waals surface area contributed by atoms with E-state index in [9.17, 15) is 4.79 Å². The Morgan fingerprint density at radius 1 is 1.39 bits per heavy atom. The third-order valence-corrected chi connectivity index (χ3v) is 2.85. The highest BCUT2D eigenvalue weighted by atomic mass is 16.1. The first-order valence-corrected chi connectivity index (χ1v) is 6.08. The highest BCUT2D eigenvalue weighted by Gasteiger charge is 2.13. The molecule has 0 aliphatic heterocycles. The highest BCUT2D eigenvalue weighted by Crippen LogP contribution is 2.14. The summed E-state index contributed by atoms with van der Waals surface area (Å²) in [6.07, 6.45) is 0. The molecule has 5 nitrogen and oxygen atoms in total. The lowest BCUT2D eigenvalue weighted by molar-refractivity contribution is 0.0944. The Balaban J connectivity index is 2.05. The molecule has 0 aliphatic carbocycles. The molecular weight excluding hydrogens is 228 g/mol. The molecule has 2 aromatic rings. The lowest BCUT2D eigenvalue weighted by atomic mass is 10.1. The molecule has 5 heteroatoms. The maximum absolute atomic E-state index is 12.0. The molecule has 0 aliphatic rings. The predicted molar refractivity (Wildman–Crippen MR) is 71.5 cm³/mol. The number of aromatic amines is 1. The summed E-state index contributed by atoms with van der Waals surface area (Å²) in [6, 6.07) is 7.61. The number of aromatic nitrogens is 2. The summed E-state index contributed by atoms with van der Waals surface area (Å²) >= 11 is 0. The van der Waals surface area contributed by atoms with Gasteiger partial charge in [0, 0.05) is 11.9 Å². The van der Waals surface area contributed by atoms with Crippen LogP contribution < -0.4 is 10.6 Å². The number of nitrogens with zero attached hydrogens (tertiary/aromatic N) is 1. The SMILES string of the molecule is CNCC(C)CNC(=O)c1n[nH]c2ccccc12. The number of carbonyl (C=O) groups is 1. The minimum absolute atomic E-state index is 0.129. The zero-order valence-electron chi connectivity index (χ0n) is 10.7. The molecular formula is C13H18N4O.